The number of hydrogen-bond donors (Lipinski definition) is 1. The number of benzene rings is 2. The van der Waals surface area contributed by atoms with E-state index in [-0.39, 0.29) is 11.8 Å². The molecule has 1 fully saturated rings. The third-order valence-corrected chi connectivity index (χ3v) is 6.37. The molecule has 162 valence electrons. The van der Waals surface area contributed by atoms with Gasteiger partial charge in [0.25, 0.3) is 0 Å². The van der Waals surface area contributed by atoms with Gasteiger partial charge < -0.3 is 19.7 Å². The minimum atomic E-state index is -0.350. The van der Waals surface area contributed by atoms with Gasteiger partial charge in [-0.05, 0) is 80.6 Å². The van der Waals surface area contributed by atoms with Gasteiger partial charge in [-0.2, -0.15) is 5.26 Å². The van der Waals surface area contributed by atoms with Gasteiger partial charge >= 0.3 is 0 Å². The van der Waals surface area contributed by atoms with E-state index in [1.54, 1.807) is 12.1 Å². The van der Waals surface area contributed by atoms with Crippen LogP contribution in [0.5, 0.6) is 11.5 Å². The molecule has 0 aliphatic carbocycles. The second kappa shape index (κ2) is 9.40. The normalized spacial score (nSPS) is 20.6. The largest absolute Gasteiger partial charge is 0.495 e. The van der Waals surface area contributed by atoms with E-state index in [1.165, 1.54) is 26.5 Å². The Bertz CT molecular complexity index is 998. The topological polar surface area (TPSA) is 74.6 Å². The molecule has 2 aromatic carbocycles. The Kier molecular flexibility index (Phi) is 6.43. The van der Waals surface area contributed by atoms with Crippen molar-refractivity contribution in [2.24, 2.45) is 0 Å². The van der Waals surface area contributed by atoms with Crippen molar-refractivity contribution in [2.45, 2.75) is 44.6 Å². The molecular weight excluding hydrogens is 390 g/mol. The number of ether oxygens (including phenoxy) is 2. The Labute approximate surface area is 183 Å². The van der Waals surface area contributed by atoms with Crippen LogP contribution in [-0.2, 0) is 11.2 Å². The molecule has 0 aromatic heterocycles. The third-order valence-electron chi connectivity index (χ3n) is 6.37. The summed E-state index contributed by atoms with van der Waals surface area (Å²) >= 11 is 0. The Hall–Kier alpha value is -3.04. The van der Waals surface area contributed by atoms with E-state index in [4.69, 9.17) is 9.47 Å². The van der Waals surface area contributed by atoms with Gasteiger partial charge in [0.1, 0.15) is 17.6 Å². The van der Waals surface area contributed by atoms with Crippen LogP contribution in [0.15, 0.2) is 36.4 Å². The quantitative estimate of drug-likeness (QED) is 0.684. The molecule has 31 heavy (non-hydrogen) atoms. The van der Waals surface area contributed by atoms with Crippen molar-refractivity contribution in [2.75, 3.05) is 32.1 Å². The summed E-state index contributed by atoms with van der Waals surface area (Å²) < 4.78 is 11.2. The number of likely N-dealkylation sites (tertiary alicyclic amines) is 1. The maximum Gasteiger partial charge on any atom is 0.232 e. The lowest BCUT2D eigenvalue weighted by molar-refractivity contribution is -0.117. The zero-order valence-electron chi connectivity index (χ0n) is 18.2. The summed E-state index contributed by atoms with van der Waals surface area (Å²) in [5, 5.41) is 12.4. The first-order valence-corrected chi connectivity index (χ1v) is 11.0. The first-order chi connectivity index (χ1) is 15.1. The lowest BCUT2D eigenvalue weighted by Gasteiger charge is -2.26. The van der Waals surface area contributed by atoms with Crippen molar-refractivity contribution in [3.8, 4) is 17.6 Å². The molecule has 1 N–H and O–H groups in total. The molecular formula is C25H29N3O3. The SMILES string of the molecule is COc1ccc(C2Cc3cc(OCCCN4CCC[C@H]4C)ccc3NC2=O)cc1C#N. The number of fused-ring (bicyclic) bond motifs is 1. The van der Waals surface area contributed by atoms with E-state index in [0.717, 1.165) is 35.5 Å². The summed E-state index contributed by atoms with van der Waals surface area (Å²) in [6, 6.07) is 14.0. The number of hydrogen-bond acceptors (Lipinski definition) is 5. The number of methoxy groups -OCH3 is 1. The van der Waals surface area contributed by atoms with Crippen molar-refractivity contribution < 1.29 is 14.3 Å². The first-order valence-electron chi connectivity index (χ1n) is 11.0. The Morgan fingerprint density at radius 2 is 2.13 bits per heavy atom. The summed E-state index contributed by atoms with van der Waals surface area (Å²) in [6.07, 6.45) is 4.16. The average Bonchev–Trinajstić information content (AvgIpc) is 3.20. The van der Waals surface area contributed by atoms with Crippen molar-refractivity contribution in [1.29, 1.82) is 5.26 Å². The summed E-state index contributed by atoms with van der Waals surface area (Å²) in [7, 11) is 1.53. The predicted octanol–water partition coefficient (Wildman–Crippen LogP) is 4.10. The van der Waals surface area contributed by atoms with Gasteiger partial charge in [-0.3, -0.25) is 4.79 Å². The van der Waals surface area contributed by atoms with Gasteiger partial charge in [-0.1, -0.05) is 6.07 Å². The summed E-state index contributed by atoms with van der Waals surface area (Å²) in [4.78, 5) is 15.2. The molecule has 2 aliphatic rings. The molecule has 6 heteroatoms. The number of amides is 1. The highest BCUT2D eigenvalue weighted by atomic mass is 16.5. The minimum Gasteiger partial charge on any atom is -0.495 e. The van der Waals surface area contributed by atoms with Crippen LogP contribution >= 0.6 is 0 Å². The third kappa shape index (κ3) is 4.67. The molecule has 0 spiro atoms. The molecule has 4 rings (SSSR count). The van der Waals surface area contributed by atoms with Crippen molar-refractivity contribution in [1.82, 2.24) is 4.90 Å². The molecule has 0 radical (unpaired) electrons. The second-order valence-electron chi connectivity index (χ2n) is 8.37. The maximum absolute atomic E-state index is 12.7. The fourth-order valence-electron chi connectivity index (χ4n) is 4.56. The first kappa shape index (κ1) is 21.2. The molecule has 6 nitrogen and oxygen atoms in total. The van der Waals surface area contributed by atoms with E-state index < -0.39 is 0 Å². The molecule has 2 aromatic rings. The smallest absolute Gasteiger partial charge is 0.232 e. The minimum absolute atomic E-state index is 0.0602. The number of carbonyl (C=O) groups is 1. The summed E-state index contributed by atoms with van der Waals surface area (Å²) in [5.41, 5.74) is 3.12. The van der Waals surface area contributed by atoms with Crippen LogP contribution in [0.2, 0.25) is 0 Å². The lowest BCUT2D eigenvalue weighted by Crippen LogP contribution is -2.29. The number of nitrogens with zero attached hydrogens (tertiary/aromatic N) is 2. The van der Waals surface area contributed by atoms with Crippen molar-refractivity contribution in [3.63, 3.8) is 0 Å². The van der Waals surface area contributed by atoms with Crippen molar-refractivity contribution in [3.05, 3.63) is 53.1 Å². The van der Waals surface area contributed by atoms with Crippen LogP contribution in [-0.4, -0.2) is 43.7 Å². The zero-order valence-corrected chi connectivity index (χ0v) is 18.2. The summed E-state index contributed by atoms with van der Waals surface area (Å²) in [6.45, 7) is 5.25. The highest BCUT2D eigenvalue weighted by molar-refractivity contribution is 5.99. The molecule has 1 unspecified atom stereocenters. The van der Waals surface area contributed by atoms with E-state index in [0.29, 0.717) is 30.4 Å². The van der Waals surface area contributed by atoms with Crippen LogP contribution < -0.4 is 14.8 Å². The molecule has 0 bridgehead atoms. The van der Waals surface area contributed by atoms with E-state index in [1.807, 2.05) is 24.3 Å². The van der Waals surface area contributed by atoms with Gasteiger partial charge in [0.15, 0.2) is 0 Å². The summed E-state index contributed by atoms with van der Waals surface area (Å²) in [5.74, 6) is 0.935. The number of rotatable bonds is 7. The van der Waals surface area contributed by atoms with E-state index >= 15 is 0 Å². The van der Waals surface area contributed by atoms with Crippen LogP contribution in [0, 0.1) is 11.3 Å². The lowest BCUT2D eigenvalue weighted by atomic mass is 9.86. The number of carbonyl (C=O) groups excluding carboxylic acids is 1. The van der Waals surface area contributed by atoms with Crippen LogP contribution in [0.25, 0.3) is 0 Å². The Morgan fingerprint density at radius 1 is 1.26 bits per heavy atom. The molecule has 2 atom stereocenters. The van der Waals surface area contributed by atoms with Gasteiger partial charge in [-0.15, -0.1) is 0 Å². The molecule has 0 saturated carbocycles. The van der Waals surface area contributed by atoms with Gasteiger partial charge in [0, 0.05) is 18.3 Å². The van der Waals surface area contributed by atoms with Crippen LogP contribution in [0.4, 0.5) is 5.69 Å². The molecule has 1 saturated heterocycles. The monoisotopic (exact) mass is 419 g/mol. The van der Waals surface area contributed by atoms with Gasteiger partial charge in [-0.25, -0.2) is 0 Å². The maximum atomic E-state index is 12.7. The average molecular weight is 420 g/mol. The highest BCUT2D eigenvalue weighted by Gasteiger charge is 2.28. The number of nitriles is 1. The Balaban J connectivity index is 1.41. The zero-order chi connectivity index (χ0) is 21.8. The number of anilines is 1. The standard InChI is InChI=1S/C25H29N3O3/c1-17-5-3-10-28(17)11-4-12-31-21-7-8-23-19(14-21)15-22(25(29)27-23)18-6-9-24(30-2)20(13-18)16-26/h6-9,13-14,17,22H,3-5,10-12,15H2,1-2H3,(H,27,29)/t17-,22?/m1/s1. The van der Waals surface area contributed by atoms with E-state index in [2.05, 4.69) is 23.2 Å². The molecule has 1 amide bonds. The van der Waals surface area contributed by atoms with Crippen LogP contribution in [0.1, 0.15) is 48.8 Å². The fourth-order valence-corrected chi connectivity index (χ4v) is 4.56. The fraction of sp³-hybridized carbons (Fsp3) is 0.440. The van der Waals surface area contributed by atoms with Gasteiger partial charge in [0.2, 0.25) is 5.91 Å². The second-order valence-corrected chi connectivity index (χ2v) is 8.37. The van der Waals surface area contributed by atoms with E-state index in [9.17, 15) is 10.1 Å². The number of nitrogens with one attached hydrogen (secondary N) is 1. The Morgan fingerprint density at radius 3 is 2.87 bits per heavy atom. The van der Waals surface area contributed by atoms with Crippen LogP contribution in [0.3, 0.4) is 0 Å². The molecule has 2 heterocycles. The predicted molar refractivity (Wildman–Crippen MR) is 120 cm³/mol. The molecule has 2 aliphatic heterocycles. The van der Waals surface area contributed by atoms with Gasteiger partial charge in [0.05, 0.1) is 25.2 Å². The highest BCUT2D eigenvalue weighted by Crippen LogP contribution is 2.35. The van der Waals surface area contributed by atoms with Crippen molar-refractivity contribution >= 4 is 11.6 Å².